The number of aromatic nitrogens is 2. The molecule has 0 unspecified atom stereocenters. The second-order valence-electron chi connectivity index (χ2n) is 6.74. The Morgan fingerprint density at radius 1 is 1.21 bits per heavy atom. The lowest BCUT2D eigenvalue weighted by Gasteiger charge is -2.27. The summed E-state index contributed by atoms with van der Waals surface area (Å²) >= 11 is 0. The normalized spacial score (nSPS) is 16.7. The molecular weight excluding hydrogens is 312 g/mol. The zero-order valence-electron chi connectivity index (χ0n) is 14.1. The first-order valence-corrected chi connectivity index (χ1v) is 8.47. The fourth-order valence-corrected chi connectivity index (χ4v) is 3.02. The number of nitrogens with zero attached hydrogens (tertiary/aromatic N) is 2. The maximum atomic E-state index is 14.5. The highest BCUT2D eigenvalue weighted by atomic mass is 19.3. The van der Waals surface area contributed by atoms with Crippen molar-refractivity contribution in [2.45, 2.75) is 45.0 Å². The Hall–Kier alpha value is -1.82. The summed E-state index contributed by atoms with van der Waals surface area (Å²) in [6.07, 6.45) is 1.23. The predicted octanol–water partition coefficient (Wildman–Crippen LogP) is 3.88. The molecule has 24 heavy (non-hydrogen) atoms. The zero-order valence-corrected chi connectivity index (χ0v) is 14.1. The molecule has 1 aliphatic heterocycles. The minimum absolute atomic E-state index is 0.302. The van der Waals surface area contributed by atoms with E-state index in [4.69, 9.17) is 4.52 Å². The number of piperidine rings is 1. The van der Waals surface area contributed by atoms with Crippen LogP contribution >= 0.6 is 0 Å². The fraction of sp³-hybridized carbons (Fsp3) is 0.556. The van der Waals surface area contributed by atoms with Crippen molar-refractivity contribution in [2.24, 2.45) is 5.92 Å². The molecule has 1 aliphatic rings. The molecule has 130 valence electrons. The van der Waals surface area contributed by atoms with Crippen LogP contribution in [0.4, 0.5) is 8.78 Å². The molecule has 0 atom stereocenters. The van der Waals surface area contributed by atoms with E-state index in [-0.39, 0.29) is 0 Å². The van der Waals surface area contributed by atoms with Crippen LogP contribution in [0.5, 0.6) is 0 Å². The van der Waals surface area contributed by atoms with Crippen molar-refractivity contribution in [3.63, 3.8) is 0 Å². The van der Waals surface area contributed by atoms with Gasteiger partial charge >= 0.3 is 5.92 Å². The van der Waals surface area contributed by atoms with Gasteiger partial charge in [0.05, 0.1) is 0 Å². The molecule has 0 spiro atoms. The fourth-order valence-electron chi connectivity index (χ4n) is 3.02. The molecular formula is C18H23F2N3O. The van der Waals surface area contributed by atoms with Gasteiger partial charge < -0.3 is 9.84 Å². The minimum atomic E-state index is -3.06. The van der Waals surface area contributed by atoms with Crippen molar-refractivity contribution in [1.82, 2.24) is 15.5 Å². The lowest BCUT2D eigenvalue weighted by Crippen LogP contribution is -2.36. The lowest BCUT2D eigenvalue weighted by molar-refractivity contribution is -0.0993. The predicted molar refractivity (Wildman–Crippen MR) is 87.1 cm³/mol. The molecule has 0 saturated carbocycles. The molecule has 1 aromatic heterocycles. The van der Waals surface area contributed by atoms with Crippen molar-refractivity contribution in [1.29, 1.82) is 0 Å². The van der Waals surface area contributed by atoms with Crippen LogP contribution < -0.4 is 5.32 Å². The monoisotopic (exact) mass is 335 g/mol. The molecule has 1 fully saturated rings. The highest BCUT2D eigenvalue weighted by Crippen LogP contribution is 2.39. The summed E-state index contributed by atoms with van der Waals surface area (Å²) < 4.78 is 33.9. The molecule has 2 heterocycles. The number of benzene rings is 1. The molecule has 0 amide bonds. The first kappa shape index (κ1) is 17.0. The molecule has 1 aromatic carbocycles. The lowest BCUT2D eigenvalue weighted by atomic mass is 9.91. The summed E-state index contributed by atoms with van der Waals surface area (Å²) in [4.78, 5) is 3.96. The number of hydrogen-bond donors (Lipinski definition) is 1. The topological polar surface area (TPSA) is 51.0 Å². The Kier molecular flexibility index (Phi) is 4.94. The van der Waals surface area contributed by atoms with E-state index in [1.807, 2.05) is 24.3 Å². The third-order valence-electron chi connectivity index (χ3n) is 4.61. The van der Waals surface area contributed by atoms with Crippen molar-refractivity contribution >= 4 is 0 Å². The maximum Gasteiger partial charge on any atom is 0.327 e. The Morgan fingerprint density at radius 3 is 2.50 bits per heavy atom. The molecule has 1 saturated heterocycles. The van der Waals surface area contributed by atoms with Gasteiger partial charge in [0.2, 0.25) is 0 Å². The van der Waals surface area contributed by atoms with E-state index in [9.17, 15) is 8.78 Å². The molecule has 3 rings (SSSR count). The summed E-state index contributed by atoms with van der Waals surface area (Å²) in [5, 5.41) is 6.84. The van der Waals surface area contributed by atoms with Crippen LogP contribution in [-0.4, -0.2) is 23.2 Å². The molecule has 2 aromatic rings. The molecule has 0 aliphatic carbocycles. The van der Waals surface area contributed by atoms with Gasteiger partial charge in [0.15, 0.2) is 5.82 Å². The largest absolute Gasteiger partial charge is 0.333 e. The average Bonchev–Trinajstić information content (AvgIpc) is 3.05. The van der Waals surface area contributed by atoms with Crippen molar-refractivity contribution in [3.8, 4) is 0 Å². The van der Waals surface area contributed by atoms with E-state index in [1.54, 1.807) is 0 Å². The van der Waals surface area contributed by atoms with Crippen LogP contribution in [0.2, 0.25) is 0 Å². The van der Waals surface area contributed by atoms with Gasteiger partial charge in [-0.05, 0) is 43.0 Å². The highest BCUT2D eigenvalue weighted by molar-refractivity contribution is 5.26. The Labute approximate surface area is 140 Å². The van der Waals surface area contributed by atoms with Crippen LogP contribution in [0, 0.1) is 5.92 Å². The van der Waals surface area contributed by atoms with E-state index in [1.165, 1.54) is 5.56 Å². The number of alkyl halides is 2. The molecule has 1 N–H and O–H groups in total. The quantitative estimate of drug-likeness (QED) is 0.901. The first-order valence-electron chi connectivity index (χ1n) is 8.47. The van der Waals surface area contributed by atoms with E-state index in [2.05, 4.69) is 29.3 Å². The molecule has 4 nitrogen and oxygen atoms in total. The standard InChI is InChI=1S/C18H23F2N3O/c1-12(2)14-5-3-13(4-6-14)11-16-22-17(24-23-16)18(19,20)15-7-9-21-10-8-15/h3-6,12,15,21H,7-11H2,1-2H3. The number of nitrogens with one attached hydrogen (secondary N) is 1. The van der Waals surface area contributed by atoms with E-state index in [0.717, 1.165) is 5.56 Å². The first-order chi connectivity index (χ1) is 11.5. The SMILES string of the molecule is CC(C)c1ccc(Cc2noc(C(F)(F)C3CCNCC3)n2)cc1. The Bertz CT molecular complexity index is 661. The molecule has 0 bridgehead atoms. The maximum absolute atomic E-state index is 14.5. The number of halogens is 2. The number of hydrogen-bond acceptors (Lipinski definition) is 4. The second-order valence-corrected chi connectivity index (χ2v) is 6.74. The van der Waals surface area contributed by atoms with Gasteiger partial charge in [0.1, 0.15) is 0 Å². The Balaban J connectivity index is 1.70. The van der Waals surface area contributed by atoms with Gasteiger partial charge in [0.25, 0.3) is 5.89 Å². The van der Waals surface area contributed by atoms with Crippen LogP contribution in [0.15, 0.2) is 28.8 Å². The van der Waals surface area contributed by atoms with Crippen LogP contribution in [0.25, 0.3) is 0 Å². The summed E-state index contributed by atoms with van der Waals surface area (Å²) in [5.41, 5.74) is 2.22. The average molecular weight is 335 g/mol. The van der Waals surface area contributed by atoms with Gasteiger partial charge in [-0.15, -0.1) is 0 Å². The van der Waals surface area contributed by atoms with E-state index < -0.39 is 17.7 Å². The smallest absolute Gasteiger partial charge is 0.327 e. The zero-order chi connectivity index (χ0) is 17.2. The minimum Gasteiger partial charge on any atom is -0.333 e. The van der Waals surface area contributed by atoms with Gasteiger partial charge in [-0.1, -0.05) is 43.3 Å². The third-order valence-corrected chi connectivity index (χ3v) is 4.61. The molecule has 0 radical (unpaired) electrons. The van der Waals surface area contributed by atoms with Crippen LogP contribution in [0.1, 0.15) is 55.4 Å². The Morgan fingerprint density at radius 2 is 1.88 bits per heavy atom. The van der Waals surface area contributed by atoms with Crippen molar-refractivity contribution < 1.29 is 13.3 Å². The summed E-state index contributed by atoms with van der Waals surface area (Å²) in [7, 11) is 0. The third kappa shape index (κ3) is 3.64. The van der Waals surface area contributed by atoms with E-state index in [0.29, 0.717) is 44.1 Å². The summed E-state index contributed by atoms with van der Waals surface area (Å²) in [5.74, 6) is -3.59. The summed E-state index contributed by atoms with van der Waals surface area (Å²) in [6.45, 7) is 5.46. The van der Waals surface area contributed by atoms with Gasteiger partial charge in [0, 0.05) is 12.3 Å². The van der Waals surface area contributed by atoms with Crippen molar-refractivity contribution in [3.05, 3.63) is 47.1 Å². The highest BCUT2D eigenvalue weighted by Gasteiger charge is 2.46. The van der Waals surface area contributed by atoms with Crippen molar-refractivity contribution in [2.75, 3.05) is 13.1 Å². The summed E-state index contributed by atoms with van der Waals surface area (Å²) in [6, 6.07) is 8.06. The second kappa shape index (κ2) is 6.97. The molecule has 6 heteroatoms. The van der Waals surface area contributed by atoms with Crippen LogP contribution in [-0.2, 0) is 12.3 Å². The number of rotatable bonds is 5. The van der Waals surface area contributed by atoms with E-state index >= 15 is 0 Å². The van der Waals surface area contributed by atoms with Gasteiger partial charge in [-0.3, -0.25) is 0 Å². The van der Waals surface area contributed by atoms with Crippen LogP contribution in [0.3, 0.4) is 0 Å². The van der Waals surface area contributed by atoms with Gasteiger partial charge in [-0.25, -0.2) is 0 Å². The van der Waals surface area contributed by atoms with Gasteiger partial charge in [-0.2, -0.15) is 13.8 Å².